The second-order valence-electron chi connectivity index (χ2n) is 8.01. The second-order valence-corrected chi connectivity index (χ2v) is 8.01. The number of benzene rings is 1. The van der Waals surface area contributed by atoms with Gasteiger partial charge in [0.1, 0.15) is 17.4 Å². The molecule has 3 aromatic heterocycles. The molecule has 0 aliphatic carbocycles. The van der Waals surface area contributed by atoms with Crippen LogP contribution in [0.5, 0.6) is 11.8 Å². The van der Waals surface area contributed by atoms with Gasteiger partial charge in [-0.3, -0.25) is 5.32 Å². The number of oxazole rings is 1. The Morgan fingerprint density at radius 3 is 2.66 bits per heavy atom. The lowest BCUT2D eigenvalue weighted by molar-refractivity contribution is 0.311. The number of halogens is 1. The number of nitrogens with one attached hydrogen (secondary N) is 2. The maximum absolute atomic E-state index is 14.7. The number of H-pyrrole nitrogens is 1. The molecule has 1 fully saturated rings. The van der Waals surface area contributed by atoms with E-state index in [1.54, 1.807) is 12.3 Å². The molecule has 0 bridgehead atoms. The maximum Gasteiger partial charge on any atom is 0.326 e. The van der Waals surface area contributed by atoms with Gasteiger partial charge in [-0.15, -0.1) is 0 Å². The summed E-state index contributed by atoms with van der Waals surface area (Å²) in [5.41, 5.74) is 1.65. The van der Waals surface area contributed by atoms with Gasteiger partial charge in [-0.05, 0) is 33.0 Å². The molecule has 0 amide bonds. The highest BCUT2D eigenvalue weighted by Crippen LogP contribution is 2.30. The number of fused-ring (bicyclic) bond motifs is 1. The molecule has 1 aliphatic rings. The molecule has 0 saturated carbocycles. The van der Waals surface area contributed by atoms with Gasteiger partial charge in [-0.25, -0.2) is 9.37 Å². The van der Waals surface area contributed by atoms with Gasteiger partial charge in [0.15, 0.2) is 11.6 Å². The molecule has 1 saturated heterocycles. The predicted molar refractivity (Wildman–Crippen MR) is 119 cm³/mol. The Labute approximate surface area is 184 Å². The summed E-state index contributed by atoms with van der Waals surface area (Å²) in [5.74, 6) is 1.38. The first kappa shape index (κ1) is 20.3. The zero-order valence-electron chi connectivity index (χ0n) is 18.1. The minimum atomic E-state index is -0.495. The van der Waals surface area contributed by atoms with Gasteiger partial charge in [0.25, 0.3) is 6.01 Å². The van der Waals surface area contributed by atoms with E-state index >= 15 is 0 Å². The van der Waals surface area contributed by atoms with Crippen LogP contribution in [0.1, 0.15) is 11.5 Å². The van der Waals surface area contributed by atoms with E-state index in [0.29, 0.717) is 28.9 Å². The molecular weight excluding hydrogens is 413 g/mol. The van der Waals surface area contributed by atoms with Gasteiger partial charge in [-0.1, -0.05) is 0 Å². The number of ether oxygens (including phenoxy) is 1. The molecule has 4 aromatic rings. The molecular formula is C22H24FN7O2. The Balaban J connectivity index is 1.49. The molecule has 0 atom stereocenters. The highest BCUT2D eigenvalue weighted by Gasteiger charge is 2.19. The number of aromatic nitrogens is 4. The summed E-state index contributed by atoms with van der Waals surface area (Å²) < 4.78 is 26.0. The van der Waals surface area contributed by atoms with Gasteiger partial charge in [-0.2, -0.15) is 9.97 Å². The Hall–Kier alpha value is -3.66. The van der Waals surface area contributed by atoms with Crippen LogP contribution in [-0.4, -0.2) is 58.1 Å². The molecule has 10 heteroatoms. The van der Waals surface area contributed by atoms with Gasteiger partial charge < -0.3 is 23.9 Å². The molecule has 0 unspecified atom stereocenters. The number of aryl methyl sites for hydroxylation is 2. The Morgan fingerprint density at radius 1 is 1.09 bits per heavy atom. The number of rotatable bonds is 5. The highest BCUT2D eigenvalue weighted by atomic mass is 19.1. The molecule has 5 rings (SSSR count). The summed E-state index contributed by atoms with van der Waals surface area (Å²) in [5, 5.41) is 3.89. The van der Waals surface area contributed by atoms with E-state index in [4.69, 9.17) is 9.15 Å². The topological polar surface area (TPSA) is 95.3 Å². The number of hydrogen-bond donors (Lipinski definition) is 2. The van der Waals surface area contributed by atoms with Crippen molar-refractivity contribution in [2.45, 2.75) is 13.8 Å². The summed E-state index contributed by atoms with van der Waals surface area (Å²) in [6.45, 7) is 7.19. The highest BCUT2D eigenvalue weighted by molar-refractivity contribution is 5.82. The molecule has 0 spiro atoms. The van der Waals surface area contributed by atoms with E-state index in [-0.39, 0.29) is 11.8 Å². The van der Waals surface area contributed by atoms with E-state index in [2.05, 4.69) is 42.1 Å². The average molecular weight is 437 g/mol. The van der Waals surface area contributed by atoms with Crippen LogP contribution >= 0.6 is 0 Å². The van der Waals surface area contributed by atoms with Crippen molar-refractivity contribution in [1.82, 2.24) is 24.8 Å². The molecule has 1 aliphatic heterocycles. The zero-order chi connectivity index (χ0) is 22.2. The van der Waals surface area contributed by atoms with E-state index in [9.17, 15) is 4.39 Å². The third-order valence-electron chi connectivity index (χ3n) is 5.38. The van der Waals surface area contributed by atoms with Crippen LogP contribution in [0.3, 0.4) is 0 Å². The Morgan fingerprint density at radius 2 is 1.91 bits per heavy atom. The fourth-order valence-electron chi connectivity index (χ4n) is 3.70. The molecule has 1 aromatic carbocycles. The van der Waals surface area contributed by atoms with Gasteiger partial charge in [0.05, 0.1) is 6.20 Å². The number of hydrogen-bond acceptors (Lipinski definition) is 8. The van der Waals surface area contributed by atoms with Crippen molar-refractivity contribution in [2.24, 2.45) is 0 Å². The second kappa shape index (κ2) is 8.12. The molecule has 2 N–H and O–H groups in total. The quantitative estimate of drug-likeness (QED) is 0.484. The van der Waals surface area contributed by atoms with Crippen LogP contribution in [0.4, 0.5) is 22.0 Å². The van der Waals surface area contributed by atoms with Crippen LogP contribution in [0.2, 0.25) is 0 Å². The summed E-state index contributed by atoms with van der Waals surface area (Å²) >= 11 is 0. The lowest BCUT2D eigenvalue weighted by Gasteiger charge is -2.33. The summed E-state index contributed by atoms with van der Waals surface area (Å²) in [7, 11) is 2.09. The van der Waals surface area contributed by atoms with Gasteiger partial charge >= 0.3 is 6.01 Å². The molecule has 32 heavy (non-hydrogen) atoms. The van der Waals surface area contributed by atoms with E-state index in [0.717, 1.165) is 37.3 Å². The lowest BCUT2D eigenvalue weighted by atomic mass is 10.2. The van der Waals surface area contributed by atoms with Crippen molar-refractivity contribution in [3.8, 4) is 11.8 Å². The van der Waals surface area contributed by atoms with Crippen molar-refractivity contribution in [3.63, 3.8) is 0 Å². The number of likely N-dealkylation sites (N-methyl/N-ethyl adjacent to an activating group) is 1. The molecule has 9 nitrogen and oxygen atoms in total. The molecule has 0 radical (unpaired) electrons. The maximum atomic E-state index is 14.7. The zero-order valence-corrected chi connectivity index (χ0v) is 18.1. The minimum Gasteiger partial charge on any atom is -0.429 e. The minimum absolute atomic E-state index is 0.0395. The van der Waals surface area contributed by atoms with E-state index < -0.39 is 5.82 Å². The third kappa shape index (κ3) is 4.22. The fraction of sp³-hybridized carbons (Fsp3) is 0.318. The van der Waals surface area contributed by atoms with Gasteiger partial charge in [0.2, 0.25) is 0 Å². The van der Waals surface area contributed by atoms with Crippen LogP contribution in [0.25, 0.3) is 10.9 Å². The van der Waals surface area contributed by atoms with Crippen molar-refractivity contribution in [2.75, 3.05) is 43.4 Å². The first-order valence-electron chi connectivity index (χ1n) is 10.4. The number of piperazine rings is 1. The predicted octanol–water partition coefficient (Wildman–Crippen LogP) is 3.99. The third-order valence-corrected chi connectivity index (χ3v) is 5.38. The number of nitrogens with zero attached hydrogens (tertiary/aromatic N) is 5. The van der Waals surface area contributed by atoms with Crippen LogP contribution in [0, 0.1) is 19.7 Å². The normalized spacial score (nSPS) is 14.8. The van der Waals surface area contributed by atoms with E-state index in [1.807, 2.05) is 26.0 Å². The van der Waals surface area contributed by atoms with Crippen LogP contribution < -0.4 is 15.0 Å². The Kier molecular flexibility index (Phi) is 5.14. The number of aromatic amines is 1. The standard InChI is InChI=1S/C22H24FN7O2/c1-13-8-15-9-18(16(23)10-17(15)25-13)32-22-27-19(26-21-24-12-14(2)31-21)11-20(28-22)30-6-4-29(3)5-7-30/h8-12,25H,4-7H2,1-3H3,(H,24,26,27,28). The summed E-state index contributed by atoms with van der Waals surface area (Å²) in [6, 6.07) is 7.15. The number of anilines is 3. The average Bonchev–Trinajstić information content (AvgIpc) is 3.32. The fourth-order valence-corrected chi connectivity index (χ4v) is 3.70. The van der Waals surface area contributed by atoms with E-state index in [1.165, 1.54) is 6.07 Å². The Bertz CT molecular complexity index is 1260. The first-order chi connectivity index (χ1) is 15.4. The molecule has 4 heterocycles. The summed E-state index contributed by atoms with van der Waals surface area (Å²) in [6.07, 6.45) is 1.62. The van der Waals surface area contributed by atoms with Crippen molar-refractivity contribution >= 4 is 28.6 Å². The van der Waals surface area contributed by atoms with Crippen LogP contribution in [-0.2, 0) is 0 Å². The summed E-state index contributed by atoms with van der Waals surface area (Å²) in [4.78, 5) is 20.7. The van der Waals surface area contributed by atoms with Crippen molar-refractivity contribution < 1.29 is 13.5 Å². The molecule has 166 valence electrons. The SMILES string of the molecule is Cc1cc2cc(Oc3nc(Nc4ncc(C)o4)cc(N4CCN(C)CC4)n3)c(F)cc2[nH]1. The first-order valence-corrected chi connectivity index (χ1v) is 10.4. The monoisotopic (exact) mass is 437 g/mol. The smallest absolute Gasteiger partial charge is 0.326 e. The lowest BCUT2D eigenvalue weighted by Crippen LogP contribution is -2.44. The largest absolute Gasteiger partial charge is 0.429 e. The van der Waals surface area contributed by atoms with Crippen molar-refractivity contribution in [3.05, 3.63) is 47.7 Å². The van der Waals surface area contributed by atoms with Crippen LogP contribution in [0.15, 0.2) is 34.9 Å². The van der Waals surface area contributed by atoms with Gasteiger partial charge in [0, 0.05) is 54.9 Å². The van der Waals surface area contributed by atoms with Crippen molar-refractivity contribution in [1.29, 1.82) is 0 Å².